The molecule has 8 nitrogen and oxygen atoms in total. The van der Waals surface area contributed by atoms with E-state index in [9.17, 15) is 9.90 Å². The Morgan fingerprint density at radius 2 is 2.15 bits per heavy atom. The number of fused-ring (bicyclic) bond motifs is 1. The molecule has 0 bridgehead atoms. The zero-order valence-corrected chi connectivity index (χ0v) is 15.5. The number of rotatable bonds is 6. The Labute approximate surface area is 158 Å². The van der Waals surface area contributed by atoms with Gasteiger partial charge in [0.15, 0.2) is 11.8 Å². The average molecular weight is 398 g/mol. The van der Waals surface area contributed by atoms with Gasteiger partial charge >= 0.3 is 0 Å². The number of hydrogen-bond acceptors (Lipinski definition) is 6. The first-order valence-corrected chi connectivity index (χ1v) is 8.52. The maximum Gasteiger partial charge on any atom is 0.278 e. The Morgan fingerprint density at radius 3 is 2.85 bits per heavy atom. The van der Waals surface area contributed by atoms with Crippen molar-refractivity contribution in [1.29, 1.82) is 0 Å². The highest BCUT2D eigenvalue weighted by Gasteiger charge is 2.20. The van der Waals surface area contributed by atoms with Crippen molar-refractivity contribution in [2.75, 3.05) is 12.4 Å². The van der Waals surface area contributed by atoms with Crippen molar-refractivity contribution in [3.05, 3.63) is 50.4 Å². The number of nitrogens with one attached hydrogen (secondary N) is 2. The standard InChI is InChI=1S/C16H17Cl2N5O3/c1-8(15(25)26-2)23-13-12(7-20-23)21-16(22-14(13)24)19-6-9-3-4-10(17)11(18)5-9/h3-5,7-8,15,25H,6H2,1-2H3,(H2,19,21,22,24). The maximum absolute atomic E-state index is 12.4. The SMILES string of the molecule is COC(O)C(C)n1ncc2nc(NCc3ccc(Cl)c(Cl)c3)[nH]c(=O)c21. The largest absolute Gasteiger partial charge is 0.366 e. The molecule has 0 aliphatic rings. The summed E-state index contributed by atoms with van der Waals surface area (Å²) in [6.07, 6.45) is 0.373. The number of ether oxygens (including phenoxy) is 1. The van der Waals surface area contributed by atoms with Crippen molar-refractivity contribution in [2.45, 2.75) is 25.8 Å². The van der Waals surface area contributed by atoms with Crippen LogP contribution in [0.3, 0.4) is 0 Å². The Kier molecular flexibility index (Phi) is 5.47. The zero-order chi connectivity index (χ0) is 18.8. The second kappa shape index (κ2) is 7.63. The minimum absolute atomic E-state index is 0.258. The third-order valence-electron chi connectivity index (χ3n) is 3.94. The van der Waals surface area contributed by atoms with E-state index in [4.69, 9.17) is 27.9 Å². The second-order valence-electron chi connectivity index (χ2n) is 5.71. The quantitative estimate of drug-likeness (QED) is 0.552. The number of methoxy groups -OCH3 is 1. The summed E-state index contributed by atoms with van der Waals surface area (Å²) in [7, 11) is 1.38. The van der Waals surface area contributed by atoms with Crippen LogP contribution in [0.2, 0.25) is 10.0 Å². The highest BCUT2D eigenvalue weighted by Crippen LogP contribution is 2.23. The number of aromatic nitrogens is 4. The summed E-state index contributed by atoms with van der Waals surface area (Å²) in [6, 6.07) is 4.71. The highest BCUT2D eigenvalue weighted by molar-refractivity contribution is 6.42. The first-order chi connectivity index (χ1) is 12.4. The number of hydrogen-bond donors (Lipinski definition) is 3. The molecule has 0 saturated carbocycles. The van der Waals surface area contributed by atoms with Gasteiger partial charge in [-0.2, -0.15) is 5.10 Å². The van der Waals surface area contributed by atoms with Crippen LogP contribution in [0.15, 0.2) is 29.2 Å². The van der Waals surface area contributed by atoms with Crippen LogP contribution in [0, 0.1) is 0 Å². The van der Waals surface area contributed by atoms with Crippen molar-refractivity contribution in [3.63, 3.8) is 0 Å². The molecule has 1 aromatic carbocycles. The van der Waals surface area contributed by atoms with Gasteiger partial charge in [-0.05, 0) is 24.6 Å². The van der Waals surface area contributed by atoms with E-state index in [-0.39, 0.29) is 11.1 Å². The second-order valence-corrected chi connectivity index (χ2v) is 6.52. The van der Waals surface area contributed by atoms with Crippen LogP contribution in [-0.4, -0.2) is 38.3 Å². The molecule has 2 heterocycles. The van der Waals surface area contributed by atoms with E-state index in [1.165, 1.54) is 18.0 Å². The third kappa shape index (κ3) is 3.68. The number of benzene rings is 1. The fourth-order valence-electron chi connectivity index (χ4n) is 2.52. The number of H-pyrrole nitrogens is 1. The van der Waals surface area contributed by atoms with Gasteiger partial charge < -0.3 is 15.2 Å². The summed E-state index contributed by atoms with van der Waals surface area (Å²) < 4.78 is 6.27. The molecule has 2 aromatic heterocycles. The van der Waals surface area contributed by atoms with E-state index in [0.717, 1.165) is 5.56 Å². The van der Waals surface area contributed by atoms with Crippen LogP contribution in [0.1, 0.15) is 18.5 Å². The fourth-order valence-corrected chi connectivity index (χ4v) is 2.84. The van der Waals surface area contributed by atoms with Gasteiger partial charge in [0.05, 0.1) is 16.2 Å². The summed E-state index contributed by atoms with van der Waals surface area (Å²) in [6.45, 7) is 2.09. The predicted molar refractivity (Wildman–Crippen MR) is 99.7 cm³/mol. The molecule has 26 heavy (non-hydrogen) atoms. The van der Waals surface area contributed by atoms with Gasteiger partial charge in [-0.3, -0.25) is 9.78 Å². The van der Waals surface area contributed by atoms with Crippen LogP contribution in [0.25, 0.3) is 11.0 Å². The molecule has 3 N–H and O–H groups in total. The van der Waals surface area contributed by atoms with Crippen LogP contribution < -0.4 is 10.9 Å². The van der Waals surface area contributed by atoms with E-state index in [1.54, 1.807) is 19.1 Å². The van der Waals surface area contributed by atoms with Gasteiger partial charge in [-0.25, -0.2) is 9.67 Å². The predicted octanol–water partition coefficient (Wildman–Crippen LogP) is 2.56. The summed E-state index contributed by atoms with van der Waals surface area (Å²) in [5.41, 5.74) is 1.17. The van der Waals surface area contributed by atoms with Gasteiger partial charge in [0, 0.05) is 13.7 Å². The lowest BCUT2D eigenvalue weighted by Crippen LogP contribution is -2.26. The Hall–Kier alpha value is -2.13. The summed E-state index contributed by atoms with van der Waals surface area (Å²) in [5, 5.41) is 17.9. The molecule has 2 atom stereocenters. The molecular formula is C16H17Cl2N5O3. The molecule has 0 spiro atoms. The number of aliphatic hydroxyl groups excluding tert-OH is 1. The lowest BCUT2D eigenvalue weighted by molar-refractivity contribution is -0.104. The third-order valence-corrected chi connectivity index (χ3v) is 4.68. The van der Waals surface area contributed by atoms with E-state index in [1.807, 2.05) is 6.07 Å². The lowest BCUT2D eigenvalue weighted by atomic mass is 10.2. The molecule has 138 valence electrons. The van der Waals surface area contributed by atoms with E-state index >= 15 is 0 Å². The van der Waals surface area contributed by atoms with Gasteiger partial charge in [0.2, 0.25) is 5.95 Å². The Bertz CT molecular complexity index is 988. The molecule has 0 aliphatic heterocycles. The fraction of sp³-hybridized carbons (Fsp3) is 0.312. The van der Waals surface area contributed by atoms with Crippen molar-refractivity contribution in [2.24, 2.45) is 0 Å². The topological polar surface area (TPSA) is 105 Å². The van der Waals surface area contributed by atoms with Crippen molar-refractivity contribution in [1.82, 2.24) is 19.7 Å². The minimum Gasteiger partial charge on any atom is -0.366 e. The van der Waals surface area contributed by atoms with Crippen molar-refractivity contribution < 1.29 is 9.84 Å². The Balaban J connectivity index is 1.85. The molecule has 0 amide bonds. The molecule has 10 heteroatoms. The number of nitrogens with zero attached hydrogens (tertiary/aromatic N) is 3. The molecule has 0 fully saturated rings. The summed E-state index contributed by atoms with van der Waals surface area (Å²) >= 11 is 11.9. The first kappa shape index (κ1) is 18.7. The molecule has 0 aliphatic carbocycles. The summed E-state index contributed by atoms with van der Waals surface area (Å²) in [5.74, 6) is 0.299. The molecule has 3 aromatic rings. The van der Waals surface area contributed by atoms with E-state index < -0.39 is 12.3 Å². The van der Waals surface area contributed by atoms with E-state index in [2.05, 4.69) is 20.4 Å². The molecular weight excluding hydrogens is 381 g/mol. The van der Waals surface area contributed by atoms with Gasteiger partial charge in [-0.15, -0.1) is 0 Å². The van der Waals surface area contributed by atoms with Crippen LogP contribution in [0.5, 0.6) is 0 Å². The monoisotopic (exact) mass is 397 g/mol. The first-order valence-electron chi connectivity index (χ1n) is 7.77. The van der Waals surface area contributed by atoms with Crippen LogP contribution in [0.4, 0.5) is 5.95 Å². The normalized spacial score (nSPS) is 13.7. The van der Waals surface area contributed by atoms with Crippen LogP contribution >= 0.6 is 23.2 Å². The Morgan fingerprint density at radius 1 is 1.38 bits per heavy atom. The molecule has 2 unspecified atom stereocenters. The number of anilines is 1. The van der Waals surface area contributed by atoms with E-state index in [0.29, 0.717) is 28.1 Å². The average Bonchev–Trinajstić information content (AvgIpc) is 3.06. The smallest absolute Gasteiger partial charge is 0.278 e. The molecule has 0 radical (unpaired) electrons. The maximum atomic E-state index is 12.4. The molecule has 0 saturated heterocycles. The van der Waals surface area contributed by atoms with Crippen LogP contribution in [-0.2, 0) is 11.3 Å². The number of halogens is 2. The zero-order valence-electron chi connectivity index (χ0n) is 14.0. The van der Waals surface area contributed by atoms with Gasteiger partial charge in [0.25, 0.3) is 5.56 Å². The van der Waals surface area contributed by atoms with Gasteiger partial charge in [0.1, 0.15) is 11.6 Å². The highest BCUT2D eigenvalue weighted by atomic mass is 35.5. The van der Waals surface area contributed by atoms with Crippen molar-refractivity contribution >= 4 is 40.2 Å². The molecule has 3 rings (SSSR count). The number of aliphatic hydroxyl groups is 1. The summed E-state index contributed by atoms with van der Waals surface area (Å²) in [4.78, 5) is 19.5. The minimum atomic E-state index is -1.09. The van der Waals surface area contributed by atoms with Gasteiger partial charge in [-0.1, -0.05) is 29.3 Å². The number of aromatic amines is 1. The van der Waals surface area contributed by atoms with Crippen molar-refractivity contribution in [3.8, 4) is 0 Å². The lowest BCUT2D eigenvalue weighted by Gasteiger charge is -2.18.